The van der Waals surface area contributed by atoms with Crippen LogP contribution in [0.4, 0.5) is 10.2 Å². The third kappa shape index (κ3) is 10.5. The van der Waals surface area contributed by atoms with Crippen molar-refractivity contribution in [1.29, 1.82) is 0 Å². The van der Waals surface area contributed by atoms with Crippen LogP contribution in [0.5, 0.6) is 0 Å². The van der Waals surface area contributed by atoms with E-state index in [1.54, 1.807) is 0 Å². The number of carbonyl (C=O) groups excluding carboxylic acids is 3. The molecule has 0 aromatic carbocycles. The third-order valence-electron chi connectivity index (χ3n) is 7.94. The second-order valence-corrected chi connectivity index (χ2v) is 11.6. The number of hydrogen-bond acceptors (Lipinski definition) is 9. The Kier molecular flexibility index (Phi) is 14.7. The van der Waals surface area contributed by atoms with E-state index in [4.69, 9.17) is 20.6 Å². The summed E-state index contributed by atoms with van der Waals surface area (Å²) in [5.41, 5.74) is -1.34. The summed E-state index contributed by atoms with van der Waals surface area (Å²) in [6.45, 7) is 5.93. The summed E-state index contributed by atoms with van der Waals surface area (Å²) < 4.78 is 33.8. The fourth-order valence-corrected chi connectivity index (χ4v) is 5.31. The molecule has 248 valence electrons. The summed E-state index contributed by atoms with van der Waals surface area (Å²) in [4.78, 5) is 49.9. The maximum atomic E-state index is 14.6. The van der Waals surface area contributed by atoms with Gasteiger partial charge in [-0.2, -0.15) is 14.4 Å². The highest BCUT2D eigenvalue weighted by molar-refractivity contribution is 5.96. The molecule has 11 nitrogen and oxygen atoms in total. The first-order valence-electron chi connectivity index (χ1n) is 16.5. The predicted molar refractivity (Wildman–Crippen MR) is 167 cm³/mol. The number of rotatable bonds is 20. The quantitative estimate of drug-likeness (QED) is 0.0748. The zero-order valence-electron chi connectivity index (χ0n) is 26.9. The summed E-state index contributed by atoms with van der Waals surface area (Å²) in [6, 6.07) is 0. The highest BCUT2D eigenvalue weighted by Gasteiger charge is 2.52. The molecule has 2 aromatic rings. The molecule has 1 amide bonds. The molecule has 0 spiro atoms. The van der Waals surface area contributed by atoms with Crippen LogP contribution in [0.2, 0.25) is 0 Å². The number of unbranched alkanes of at least 4 members (excludes halogenated alkanes) is 9. The highest BCUT2D eigenvalue weighted by atomic mass is 19.1. The van der Waals surface area contributed by atoms with Gasteiger partial charge < -0.3 is 19.5 Å². The summed E-state index contributed by atoms with van der Waals surface area (Å²) in [7, 11) is 0. The van der Waals surface area contributed by atoms with Crippen LogP contribution in [0.25, 0.3) is 11.2 Å². The molecule has 1 aliphatic rings. The Balaban J connectivity index is 1.81. The molecule has 1 N–H and O–H groups in total. The fraction of sp³-hybridized carbons (Fsp3) is 0.697. The summed E-state index contributed by atoms with van der Waals surface area (Å²) in [5.74, 6) is 1.38. The van der Waals surface area contributed by atoms with Crippen molar-refractivity contribution in [3.8, 4) is 12.3 Å². The monoisotopic (exact) mass is 629 g/mol. The molecule has 0 bridgehead atoms. The summed E-state index contributed by atoms with van der Waals surface area (Å²) in [6.07, 6.45) is 16.2. The molecular formula is C33H48FN5O6. The number of aromatic nitrogens is 4. The van der Waals surface area contributed by atoms with Gasteiger partial charge in [-0.1, -0.05) is 84.5 Å². The van der Waals surface area contributed by atoms with Gasteiger partial charge in [0.1, 0.15) is 18.9 Å². The van der Waals surface area contributed by atoms with Gasteiger partial charge in [0.15, 0.2) is 17.0 Å². The molecule has 0 unspecified atom stereocenters. The van der Waals surface area contributed by atoms with E-state index in [-0.39, 0.29) is 55.2 Å². The number of nitrogens with one attached hydrogen (secondary N) is 1. The molecule has 1 saturated heterocycles. The summed E-state index contributed by atoms with van der Waals surface area (Å²) in [5, 5.41) is 2.65. The van der Waals surface area contributed by atoms with E-state index in [2.05, 4.69) is 47.0 Å². The first-order chi connectivity index (χ1) is 21.8. The Morgan fingerprint density at radius 2 is 1.60 bits per heavy atom. The molecule has 12 heteroatoms. The average Bonchev–Trinajstić information content (AvgIpc) is 3.60. The fourth-order valence-electron chi connectivity index (χ4n) is 5.31. The molecule has 3 rings (SSSR count). The lowest BCUT2D eigenvalue weighted by Gasteiger charge is -2.28. The lowest BCUT2D eigenvalue weighted by Crippen LogP contribution is -2.45. The smallest absolute Gasteiger partial charge is 0.312 e. The minimum Gasteiger partial charge on any atom is -0.461 e. The number of anilines is 1. The van der Waals surface area contributed by atoms with Gasteiger partial charge in [-0.25, -0.2) is 4.98 Å². The number of ether oxygens (including phenoxy) is 3. The lowest BCUT2D eigenvalue weighted by molar-refractivity contribution is -0.167. The number of amides is 1. The van der Waals surface area contributed by atoms with Crippen LogP contribution in [-0.4, -0.2) is 55.7 Å². The van der Waals surface area contributed by atoms with Gasteiger partial charge >= 0.3 is 18.0 Å². The van der Waals surface area contributed by atoms with E-state index in [1.165, 1.54) is 10.9 Å². The maximum Gasteiger partial charge on any atom is 0.312 e. The minimum absolute atomic E-state index is 0.0509. The largest absolute Gasteiger partial charge is 0.461 e. The Morgan fingerprint density at radius 3 is 2.22 bits per heavy atom. The summed E-state index contributed by atoms with van der Waals surface area (Å²) >= 11 is 0. The van der Waals surface area contributed by atoms with Gasteiger partial charge in [0, 0.05) is 25.7 Å². The second-order valence-electron chi connectivity index (χ2n) is 11.6. The average molecular weight is 630 g/mol. The predicted octanol–water partition coefficient (Wildman–Crippen LogP) is 6.56. The number of fused-ring (bicyclic) bond motifs is 1. The first-order valence-corrected chi connectivity index (χ1v) is 16.5. The van der Waals surface area contributed by atoms with Crippen molar-refractivity contribution in [2.24, 2.45) is 0 Å². The van der Waals surface area contributed by atoms with Crippen LogP contribution in [0.15, 0.2) is 6.33 Å². The Labute approximate surface area is 265 Å². The number of esters is 2. The number of terminal acetylenes is 1. The zero-order valence-corrected chi connectivity index (χ0v) is 26.9. The normalized spacial score (nSPS) is 19.4. The van der Waals surface area contributed by atoms with Crippen molar-refractivity contribution in [3.63, 3.8) is 0 Å². The molecule has 3 heterocycles. The van der Waals surface area contributed by atoms with Gasteiger partial charge in [-0.15, -0.1) is 6.42 Å². The number of hydrogen-bond donors (Lipinski definition) is 1. The van der Waals surface area contributed by atoms with Crippen molar-refractivity contribution < 1.29 is 33.0 Å². The van der Waals surface area contributed by atoms with Crippen LogP contribution in [-0.2, 0) is 28.6 Å². The Hall–Kier alpha value is -3.59. The molecule has 2 aromatic heterocycles. The lowest BCUT2D eigenvalue weighted by atomic mass is 9.98. The van der Waals surface area contributed by atoms with E-state index >= 15 is 0 Å². The molecular weight excluding hydrogens is 581 g/mol. The van der Waals surface area contributed by atoms with Gasteiger partial charge in [0.25, 0.3) is 0 Å². The van der Waals surface area contributed by atoms with E-state index in [0.717, 1.165) is 57.8 Å². The topological polar surface area (TPSA) is 135 Å². The van der Waals surface area contributed by atoms with Gasteiger partial charge in [-0.05, 0) is 19.3 Å². The van der Waals surface area contributed by atoms with Crippen molar-refractivity contribution >= 4 is 34.8 Å². The van der Waals surface area contributed by atoms with Gasteiger partial charge in [0.2, 0.25) is 11.5 Å². The first kappa shape index (κ1) is 35.9. The van der Waals surface area contributed by atoms with E-state index in [1.807, 2.05) is 0 Å². The van der Waals surface area contributed by atoms with Crippen molar-refractivity contribution in [1.82, 2.24) is 19.5 Å². The third-order valence-corrected chi connectivity index (χ3v) is 7.94. The second kappa shape index (κ2) is 18.4. The molecule has 1 fully saturated rings. The zero-order chi connectivity index (χ0) is 32.7. The number of nitrogens with zero attached hydrogens (tertiary/aromatic N) is 4. The Morgan fingerprint density at radius 1 is 0.978 bits per heavy atom. The van der Waals surface area contributed by atoms with Crippen LogP contribution in [0.1, 0.15) is 130 Å². The molecule has 0 saturated carbocycles. The van der Waals surface area contributed by atoms with E-state index < -0.39 is 35.9 Å². The minimum atomic E-state index is -1.58. The standard InChI is InChI=1S/C33H48FN5O6/c1-5-9-12-15-18-25(40)36-30-29-31(38-32(34)37-30)39(23-35-29)26-21-24(44-28(42)20-17-14-11-7-3)33(8-4,45-26)22-43-27(41)19-16-13-10-6-2/h4,23-24,26H,5-7,9-22H2,1-3H3,(H,36,37,38,40)/t24-,26+,33+/m0/s1. The van der Waals surface area contributed by atoms with Crippen molar-refractivity contribution in [2.45, 2.75) is 141 Å². The van der Waals surface area contributed by atoms with Crippen LogP contribution in [0, 0.1) is 18.4 Å². The molecule has 0 aliphatic carbocycles. The highest BCUT2D eigenvalue weighted by Crippen LogP contribution is 2.40. The number of carbonyl (C=O) groups is 3. The van der Waals surface area contributed by atoms with Crippen LogP contribution in [0.3, 0.4) is 0 Å². The molecule has 0 radical (unpaired) electrons. The molecule has 1 aliphatic heterocycles. The van der Waals surface area contributed by atoms with E-state index in [0.29, 0.717) is 19.3 Å². The molecule has 3 atom stereocenters. The van der Waals surface area contributed by atoms with Crippen molar-refractivity contribution in [2.75, 3.05) is 11.9 Å². The SMILES string of the molecule is C#C[C@]1(COC(=O)CCCCCC)O[C@@H](n2cnc3c(NC(=O)CCCCCC)nc(F)nc32)C[C@@H]1OC(=O)CCCCCC. The maximum absolute atomic E-state index is 14.6. The van der Waals surface area contributed by atoms with Gasteiger partial charge in [-0.3, -0.25) is 19.0 Å². The number of halogens is 1. The van der Waals surface area contributed by atoms with E-state index in [9.17, 15) is 18.8 Å². The molecule has 45 heavy (non-hydrogen) atoms. The van der Waals surface area contributed by atoms with Crippen LogP contribution < -0.4 is 5.32 Å². The number of imidazole rings is 1. The Bertz CT molecular complexity index is 1310. The van der Waals surface area contributed by atoms with Crippen LogP contribution >= 0.6 is 0 Å². The van der Waals surface area contributed by atoms with Crippen molar-refractivity contribution in [3.05, 3.63) is 12.4 Å². The van der Waals surface area contributed by atoms with Gasteiger partial charge in [0.05, 0.1) is 6.33 Å².